The highest BCUT2D eigenvalue weighted by Gasteiger charge is 2.34. The molecule has 0 radical (unpaired) electrons. The quantitative estimate of drug-likeness (QED) is 0.844. The van der Waals surface area contributed by atoms with Gasteiger partial charge in [0.2, 0.25) is 5.91 Å². The van der Waals surface area contributed by atoms with Crippen molar-refractivity contribution in [1.82, 2.24) is 5.32 Å². The summed E-state index contributed by atoms with van der Waals surface area (Å²) < 4.78 is 0. The summed E-state index contributed by atoms with van der Waals surface area (Å²) in [6.45, 7) is 2.12. The summed E-state index contributed by atoms with van der Waals surface area (Å²) in [4.78, 5) is 11.7. The van der Waals surface area contributed by atoms with Crippen molar-refractivity contribution in [2.24, 2.45) is 11.7 Å². The van der Waals surface area contributed by atoms with Crippen LogP contribution in [0.3, 0.4) is 0 Å². The summed E-state index contributed by atoms with van der Waals surface area (Å²) in [6.07, 6.45) is 1.08. The monoisotopic (exact) mass is 240 g/mol. The highest BCUT2D eigenvalue weighted by Crippen LogP contribution is 2.29. The van der Waals surface area contributed by atoms with E-state index in [4.69, 9.17) is 5.73 Å². The molecule has 3 atom stereocenters. The van der Waals surface area contributed by atoms with Gasteiger partial charge < -0.3 is 11.1 Å². The molecule has 88 valence electrons. The van der Waals surface area contributed by atoms with Gasteiger partial charge in [-0.1, -0.05) is 37.3 Å². The molecule has 2 rings (SSSR count). The predicted molar refractivity (Wildman–Crippen MR) is 66.3 cm³/mol. The number of nitrogens with one attached hydrogen (secondary N) is 1. The number of halogens is 1. The predicted octanol–water partition coefficient (Wildman–Crippen LogP) is 1.63. The smallest absolute Gasteiger partial charge is 0.241 e. The van der Waals surface area contributed by atoms with Gasteiger partial charge in [-0.05, 0) is 17.9 Å². The normalized spacial score (nSPS) is 24.1. The Morgan fingerprint density at radius 3 is 2.50 bits per heavy atom. The minimum atomic E-state index is -0.543. The first-order valence-corrected chi connectivity index (χ1v) is 5.29. The van der Waals surface area contributed by atoms with Gasteiger partial charge in [-0.3, -0.25) is 4.79 Å². The van der Waals surface area contributed by atoms with Gasteiger partial charge in [0.05, 0.1) is 0 Å². The van der Waals surface area contributed by atoms with E-state index in [0.717, 1.165) is 12.0 Å². The van der Waals surface area contributed by atoms with E-state index in [1.807, 2.05) is 30.3 Å². The van der Waals surface area contributed by atoms with E-state index < -0.39 is 6.04 Å². The minimum Gasteiger partial charge on any atom is -0.351 e. The molecule has 0 aliphatic heterocycles. The zero-order valence-corrected chi connectivity index (χ0v) is 10.0. The maximum absolute atomic E-state index is 11.7. The Bertz CT molecular complexity index is 355. The van der Waals surface area contributed by atoms with Crippen LogP contribution < -0.4 is 11.1 Å². The largest absolute Gasteiger partial charge is 0.351 e. The molecule has 0 spiro atoms. The molecule has 3 N–H and O–H groups in total. The second-order valence-electron chi connectivity index (χ2n) is 4.22. The molecule has 3 nitrogen and oxygen atoms in total. The average Bonchev–Trinajstić information content (AvgIpc) is 2.94. The fraction of sp³-hybridized carbons (Fsp3) is 0.417. The van der Waals surface area contributed by atoms with Crippen molar-refractivity contribution < 1.29 is 4.79 Å². The zero-order chi connectivity index (χ0) is 10.8. The second kappa shape index (κ2) is 5.32. The summed E-state index contributed by atoms with van der Waals surface area (Å²) in [5, 5.41) is 2.94. The summed E-state index contributed by atoms with van der Waals surface area (Å²) in [5.41, 5.74) is 6.71. The molecule has 1 aliphatic carbocycles. The van der Waals surface area contributed by atoms with Crippen molar-refractivity contribution in [3.63, 3.8) is 0 Å². The summed E-state index contributed by atoms with van der Waals surface area (Å²) in [5.74, 6) is 0.535. The first-order chi connectivity index (χ1) is 7.18. The molecule has 0 heterocycles. The van der Waals surface area contributed by atoms with E-state index in [-0.39, 0.29) is 18.3 Å². The van der Waals surface area contributed by atoms with Crippen LogP contribution >= 0.6 is 12.4 Å². The Balaban J connectivity index is 0.00000128. The van der Waals surface area contributed by atoms with E-state index in [1.54, 1.807) is 0 Å². The van der Waals surface area contributed by atoms with Gasteiger partial charge in [0.15, 0.2) is 0 Å². The summed E-state index contributed by atoms with van der Waals surface area (Å²) >= 11 is 0. The van der Waals surface area contributed by atoms with E-state index in [2.05, 4.69) is 12.2 Å². The van der Waals surface area contributed by atoms with Crippen molar-refractivity contribution in [2.45, 2.75) is 25.4 Å². The summed E-state index contributed by atoms with van der Waals surface area (Å²) in [6, 6.07) is 9.24. The third-order valence-corrected chi connectivity index (χ3v) is 2.88. The van der Waals surface area contributed by atoms with Crippen molar-refractivity contribution >= 4 is 18.3 Å². The standard InChI is InChI=1S/C12H16N2O.ClH/c1-8-7-10(8)14-12(15)11(13)9-5-3-2-4-6-9;/h2-6,8,10-11H,7,13H2,1H3,(H,14,15);1H. The minimum absolute atomic E-state index is 0. The van der Waals surface area contributed by atoms with Gasteiger partial charge in [-0.25, -0.2) is 0 Å². The third-order valence-electron chi connectivity index (χ3n) is 2.88. The van der Waals surface area contributed by atoms with Crippen LogP contribution in [0.25, 0.3) is 0 Å². The fourth-order valence-electron chi connectivity index (χ4n) is 1.61. The molecule has 3 unspecified atom stereocenters. The SMILES string of the molecule is CC1CC1NC(=O)C(N)c1ccccc1.Cl. The number of amides is 1. The van der Waals surface area contributed by atoms with Crippen molar-refractivity contribution in [1.29, 1.82) is 0 Å². The van der Waals surface area contributed by atoms with Crippen molar-refractivity contribution in [3.8, 4) is 0 Å². The molecule has 1 aromatic carbocycles. The highest BCUT2D eigenvalue weighted by atomic mass is 35.5. The van der Waals surface area contributed by atoms with Crippen LogP contribution in [-0.2, 0) is 4.79 Å². The Morgan fingerprint density at radius 1 is 1.44 bits per heavy atom. The highest BCUT2D eigenvalue weighted by molar-refractivity contribution is 5.85. The van der Waals surface area contributed by atoms with Crippen molar-refractivity contribution in [2.75, 3.05) is 0 Å². The molecule has 16 heavy (non-hydrogen) atoms. The lowest BCUT2D eigenvalue weighted by molar-refractivity contribution is -0.122. The molecular formula is C12H17ClN2O. The Hall–Kier alpha value is -1.06. The van der Waals surface area contributed by atoms with Crippen LogP contribution in [0.5, 0.6) is 0 Å². The third kappa shape index (κ3) is 2.97. The molecular weight excluding hydrogens is 224 g/mol. The molecule has 1 saturated carbocycles. The molecule has 4 heteroatoms. The first-order valence-electron chi connectivity index (χ1n) is 5.29. The van der Waals surface area contributed by atoms with Gasteiger partial charge in [0.1, 0.15) is 6.04 Å². The molecule has 1 aliphatic rings. The number of nitrogens with two attached hydrogens (primary N) is 1. The number of carbonyl (C=O) groups excluding carboxylic acids is 1. The number of hydrogen-bond acceptors (Lipinski definition) is 2. The van der Waals surface area contributed by atoms with Crippen molar-refractivity contribution in [3.05, 3.63) is 35.9 Å². The van der Waals surface area contributed by atoms with Gasteiger partial charge >= 0.3 is 0 Å². The lowest BCUT2D eigenvalue weighted by Gasteiger charge is -2.11. The number of rotatable bonds is 3. The fourth-order valence-corrected chi connectivity index (χ4v) is 1.61. The van der Waals surface area contributed by atoms with Crippen LogP contribution in [0.4, 0.5) is 0 Å². The van der Waals surface area contributed by atoms with E-state index in [0.29, 0.717) is 12.0 Å². The molecule has 1 fully saturated rings. The van der Waals surface area contributed by atoms with Gasteiger partial charge in [0, 0.05) is 6.04 Å². The van der Waals surface area contributed by atoms with Crippen LogP contribution in [0.1, 0.15) is 24.9 Å². The number of hydrogen-bond donors (Lipinski definition) is 2. The lowest BCUT2D eigenvalue weighted by Crippen LogP contribution is -2.35. The van der Waals surface area contributed by atoms with Crippen LogP contribution in [-0.4, -0.2) is 11.9 Å². The van der Waals surface area contributed by atoms with Crippen LogP contribution in [0.15, 0.2) is 30.3 Å². The Kier molecular flexibility index (Phi) is 4.33. The maximum Gasteiger partial charge on any atom is 0.241 e. The topological polar surface area (TPSA) is 55.1 Å². The van der Waals surface area contributed by atoms with Crippen LogP contribution in [0, 0.1) is 5.92 Å². The van der Waals surface area contributed by atoms with E-state index in [1.165, 1.54) is 0 Å². The molecule has 0 bridgehead atoms. The van der Waals surface area contributed by atoms with E-state index >= 15 is 0 Å². The lowest BCUT2D eigenvalue weighted by atomic mass is 10.1. The second-order valence-corrected chi connectivity index (χ2v) is 4.22. The van der Waals surface area contributed by atoms with Gasteiger partial charge in [0.25, 0.3) is 0 Å². The number of benzene rings is 1. The Labute approximate surface area is 102 Å². The van der Waals surface area contributed by atoms with Gasteiger partial charge in [-0.2, -0.15) is 0 Å². The van der Waals surface area contributed by atoms with Gasteiger partial charge in [-0.15, -0.1) is 12.4 Å². The maximum atomic E-state index is 11.7. The molecule has 1 amide bonds. The average molecular weight is 241 g/mol. The molecule has 0 saturated heterocycles. The van der Waals surface area contributed by atoms with Crippen LogP contribution in [0.2, 0.25) is 0 Å². The zero-order valence-electron chi connectivity index (χ0n) is 9.22. The first kappa shape index (κ1) is 13.0. The summed E-state index contributed by atoms with van der Waals surface area (Å²) in [7, 11) is 0. The molecule has 1 aromatic rings. The molecule has 0 aromatic heterocycles. The Morgan fingerprint density at radius 2 is 2.00 bits per heavy atom. The van der Waals surface area contributed by atoms with E-state index in [9.17, 15) is 4.79 Å². The number of carbonyl (C=O) groups is 1.